The van der Waals surface area contributed by atoms with Crippen molar-refractivity contribution in [1.82, 2.24) is 0 Å². The van der Waals surface area contributed by atoms with Crippen molar-refractivity contribution in [2.45, 2.75) is 118 Å². The van der Waals surface area contributed by atoms with E-state index in [9.17, 15) is 5.11 Å². The van der Waals surface area contributed by atoms with E-state index in [0.29, 0.717) is 0 Å². The van der Waals surface area contributed by atoms with Crippen LogP contribution in [0.4, 0.5) is 0 Å². The Bertz CT molecular complexity index is 764. The van der Waals surface area contributed by atoms with Crippen LogP contribution in [0.2, 0.25) is 0 Å². The van der Waals surface area contributed by atoms with E-state index in [2.05, 4.69) is 0 Å². The minimum Gasteiger partial charge on any atom is -0.445 e. The van der Waals surface area contributed by atoms with Crippen LogP contribution in [0.15, 0.2) is 0 Å². The third-order valence-corrected chi connectivity index (χ3v) is 6.46. The molecule has 190 valence electrons. The molecule has 0 amide bonds. The number of hydrogen-bond acceptors (Lipinski definition) is 10. The number of halogens is 3. The average Bonchev–Trinajstić information content (AvgIpc) is 3.17. The third kappa shape index (κ3) is 5.27. The molecule has 4 rings (SSSR count). The Morgan fingerprint density at radius 1 is 0.818 bits per heavy atom. The summed E-state index contributed by atoms with van der Waals surface area (Å²) in [5.74, 6) is -2.46. The second-order valence-corrected chi connectivity index (χ2v) is 11.9. The lowest BCUT2D eigenvalue weighted by molar-refractivity contribution is -0.338. The van der Waals surface area contributed by atoms with Gasteiger partial charge in [-0.3, -0.25) is 5.41 Å². The fraction of sp³-hybridized carbons (Fsp3) is 0.950. The van der Waals surface area contributed by atoms with E-state index in [1.54, 1.807) is 41.5 Å². The quantitative estimate of drug-likeness (QED) is 0.320. The molecule has 0 spiro atoms. The maximum absolute atomic E-state index is 11.0. The molecule has 0 aromatic rings. The molecule has 0 aromatic carbocycles. The molecule has 10 atom stereocenters. The molecule has 2 N–H and O–H groups in total. The smallest absolute Gasteiger partial charge is 0.265 e. The molecule has 0 aliphatic carbocycles. The maximum Gasteiger partial charge on any atom is 0.265 e. The standard InChI is InChI=1S/C20H30Cl3NO9/c1-7-10-12(32-18(3,4)30-10)9(25)15(26-7)28-14-13-11(31-19(5,6)33-13)8(2)27-16(14)29-17(24)20(21,22)23/h7-16,24-25H,1-6H3/t7-,8+,9-,10+,11-,12-,13-,14+,15-,16+/m1/s1. The molecule has 4 heterocycles. The second kappa shape index (κ2) is 8.85. The third-order valence-electron chi connectivity index (χ3n) is 5.94. The molecule has 10 nitrogen and oxygen atoms in total. The molecule has 4 aliphatic heterocycles. The van der Waals surface area contributed by atoms with Crippen molar-refractivity contribution in [2.75, 3.05) is 0 Å². The van der Waals surface area contributed by atoms with Gasteiger partial charge >= 0.3 is 0 Å². The number of alkyl halides is 3. The van der Waals surface area contributed by atoms with Crippen molar-refractivity contribution in [1.29, 1.82) is 5.41 Å². The Kier molecular flexibility index (Phi) is 6.99. The summed E-state index contributed by atoms with van der Waals surface area (Å²) >= 11 is 17.4. The van der Waals surface area contributed by atoms with Crippen LogP contribution in [0.1, 0.15) is 41.5 Å². The second-order valence-electron chi connectivity index (χ2n) is 9.58. The topological polar surface area (TPSA) is 118 Å². The first-order valence-electron chi connectivity index (χ1n) is 10.8. The highest BCUT2D eigenvalue weighted by Gasteiger charge is 2.59. The van der Waals surface area contributed by atoms with Gasteiger partial charge in [0, 0.05) is 0 Å². The van der Waals surface area contributed by atoms with Gasteiger partial charge in [0.1, 0.15) is 30.5 Å². The van der Waals surface area contributed by atoms with E-state index in [-0.39, 0.29) is 0 Å². The van der Waals surface area contributed by atoms with Crippen LogP contribution in [0.3, 0.4) is 0 Å². The summed E-state index contributed by atoms with van der Waals surface area (Å²) in [7, 11) is 0. The van der Waals surface area contributed by atoms with E-state index >= 15 is 0 Å². The van der Waals surface area contributed by atoms with Gasteiger partial charge < -0.3 is 43.0 Å². The molecule has 4 fully saturated rings. The number of nitrogens with one attached hydrogen (secondary N) is 1. The van der Waals surface area contributed by atoms with E-state index in [1.807, 2.05) is 0 Å². The Hall–Kier alpha value is 0.0200. The highest BCUT2D eigenvalue weighted by molar-refractivity contribution is 6.76. The summed E-state index contributed by atoms with van der Waals surface area (Å²) in [5.41, 5.74) is 0. The summed E-state index contributed by atoms with van der Waals surface area (Å²) in [6.07, 6.45) is -7.80. The Morgan fingerprint density at radius 2 is 1.27 bits per heavy atom. The fourth-order valence-corrected chi connectivity index (χ4v) is 4.74. The lowest BCUT2D eigenvalue weighted by atomic mass is 9.98. The van der Waals surface area contributed by atoms with Crippen LogP contribution < -0.4 is 0 Å². The maximum atomic E-state index is 11.0. The van der Waals surface area contributed by atoms with Gasteiger partial charge in [0.25, 0.3) is 3.79 Å². The van der Waals surface area contributed by atoms with E-state index < -0.39 is 82.7 Å². The summed E-state index contributed by atoms with van der Waals surface area (Å²) < 4.78 is 45.3. The van der Waals surface area contributed by atoms with E-state index in [4.69, 9.17) is 78.1 Å². The molecule has 0 radical (unpaired) electrons. The predicted octanol–water partition coefficient (Wildman–Crippen LogP) is 2.63. The zero-order chi connectivity index (χ0) is 24.5. The summed E-state index contributed by atoms with van der Waals surface area (Å²) in [4.78, 5) is 0. The molecule has 0 unspecified atom stereocenters. The van der Waals surface area contributed by atoms with Crippen molar-refractivity contribution in [3.63, 3.8) is 0 Å². The zero-order valence-electron chi connectivity index (χ0n) is 19.1. The van der Waals surface area contributed by atoms with Gasteiger partial charge in [-0.15, -0.1) is 0 Å². The minimum absolute atomic E-state index is 0.444. The van der Waals surface area contributed by atoms with Gasteiger partial charge in [0.15, 0.2) is 24.0 Å². The van der Waals surface area contributed by atoms with Gasteiger partial charge in [-0.1, -0.05) is 34.8 Å². The van der Waals surface area contributed by atoms with E-state index in [1.165, 1.54) is 0 Å². The molecule has 0 bridgehead atoms. The Morgan fingerprint density at radius 3 is 1.82 bits per heavy atom. The molecular weight excluding hydrogens is 505 g/mol. The van der Waals surface area contributed by atoms with Crippen LogP contribution >= 0.6 is 34.8 Å². The predicted molar refractivity (Wildman–Crippen MR) is 116 cm³/mol. The summed E-state index contributed by atoms with van der Waals surface area (Å²) in [6.45, 7) is 10.6. The summed E-state index contributed by atoms with van der Waals surface area (Å²) in [5, 5.41) is 19.0. The summed E-state index contributed by atoms with van der Waals surface area (Å²) in [6, 6.07) is 0. The molecule has 0 aromatic heterocycles. The van der Waals surface area contributed by atoms with Crippen molar-refractivity contribution < 1.29 is 43.0 Å². The van der Waals surface area contributed by atoms with Crippen molar-refractivity contribution >= 4 is 40.7 Å². The lowest BCUT2D eigenvalue weighted by Crippen LogP contribution is -2.62. The average molecular weight is 535 g/mol. The minimum atomic E-state index is -2.11. The Labute approximate surface area is 207 Å². The number of aliphatic hydroxyl groups is 1. The molecule has 4 saturated heterocycles. The number of aliphatic hydroxyl groups excluding tert-OH is 1. The number of hydrogen-bond donors (Lipinski definition) is 2. The fourth-order valence-electron chi connectivity index (χ4n) is 4.61. The highest BCUT2D eigenvalue weighted by atomic mass is 35.6. The van der Waals surface area contributed by atoms with Crippen LogP contribution in [0, 0.1) is 5.41 Å². The largest absolute Gasteiger partial charge is 0.445 e. The molecule has 4 aliphatic rings. The highest BCUT2D eigenvalue weighted by Crippen LogP contribution is 2.42. The first-order chi connectivity index (χ1) is 15.1. The monoisotopic (exact) mass is 533 g/mol. The lowest BCUT2D eigenvalue weighted by Gasteiger charge is -2.45. The van der Waals surface area contributed by atoms with Crippen molar-refractivity contribution in [3.05, 3.63) is 0 Å². The number of rotatable bonds is 3. The van der Waals surface area contributed by atoms with Gasteiger partial charge in [-0.25, -0.2) is 0 Å². The Balaban J connectivity index is 1.58. The molecule has 33 heavy (non-hydrogen) atoms. The van der Waals surface area contributed by atoms with Crippen LogP contribution in [0.25, 0.3) is 0 Å². The zero-order valence-corrected chi connectivity index (χ0v) is 21.4. The van der Waals surface area contributed by atoms with Gasteiger partial charge in [-0.05, 0) is 41.5 Å². The number of fused-ring (bicyclic) bond motifs is 2. The first kappa shape index (κ1) is 26.1. The van der Waals surface area contributed by atoms with E-state index in [0.717, 1.165) is 0 Å². The van der Waals surface area contributed by atoms with Crippen LogP contribution in [-0.4, -0.2) is 87.8 Å². The van der Waals surface area contributed by atoms with Crippen molar-refractivity contribution in [2.24, 2.45) is 0 Å². The SMILES string of the molecule is C[C@@H]1O[C@@H](OC(=N)C(Cl)(Cl)Cl)[C@@H](O[C@H]2O[C@H](C)[C@@H]3OC(C)(C)O[C@@H]3[C@H]2O)[C@@H]2OC(C)(C)O[C@@H]21. The van der Waals surface area contributed by atoms with Gasteiger partial charge in [0.2, 0.25) is 12.2 Å². The molecule has 0 saturated carbocycles. The molecule has 13 heteroatoms. The normalized spacial score (nSPS) is 46.5. The van der Waals surface area contributed by atoms with Crippen LogP contribution in [-0.2, 0) is 37.9 Å². The number of ether oxygens (including phenoxy) is 8. The van der Waals surface area contributed by atoms with Gasteiger partial charge in [-0.2, -0.15) is 0 Å². The van der Waals surface area contributed by atoms with Crippen LogP contribution in [0.5, 0.6) is 0 Å². The first-order valence-corrected chi connectivity index (χ1v) is 11.9. The van der Waals surface area contributed by atoms with Gasteiger partial charge in [0.05, 0.1) is 12.2 Å². The van der Waals surface area contributed by atoms with Crippen molar-refractivity contribution in [3.8, 4) is 0 Å². The molecular formula is C20H30Cl3NO9.